The normalized spacial score (nSPS) is 15.0. The lowest BCUT2D eigenvalue weighted by atomic mass is 9.80. The molecule has 0 N–H and O–H groups in total. The minimum absolute atomic E-state index is 0.546. The highest BCUT2D eigenvalue weighted by molar-refractivity contribution is 5.51. The van der Waals surface area contributed by atoms with E-state index in [0.29, 0.717) is 18.1 Å². The Balaban J connectivity index is 1.76. The fourth-order valence-corrected chi connectivity index (χ4v) is 4.54. The van der Waals surface area contributed by atoms with Crippen molar-refractivity contribution in [2.75, 3.05) is 0 Å². The highest BCUT2D eigenvalue weighted by atomic mass is 16.5. The molecule has 2 heteroatoms. The summed E-state index contributed by atoms with van der Waals surface area (Å²) in [5, 5.41) is 0. The molecule has 2 rings (SSSR count). The summed E-state index contributed by atoms with van der Waals surface area (Å²) in [4.78, 5) is 10.9. The molecule has 1 aliphatic rings. The predicted molar refractivity (Wildman–Crippen MR) is 113 cm³/mol. The van der Waals surface area contributed by atoms with Crippen molar-refractivity contribution in [3.8, 4) is 5.75 Å². The number of hydrogen-bond donors (Lipinski definition) is 0. The molecule has 1 saturated carbocycles. The van der Waals surface area contributed by atoms with Gasteiger partial charge in [-0.3, -0.25) is 4.79 Å². The summed E-state index contributed by atoms with van der Waals surface area (Å²) >= 11 is 0. The average Bonchev–Trinajstić information content (AvgIpc) is 2.70. The first-order valence-corrected chi connectivity index (χ1v) is 11.5. The fraction of sp³-hybridized carbons (Fsp3) is 0.720. The number of carbonyl (C=O) groups excluding carboxylic acids is 1. The van der Waals surface area contributed by atoms with Crippen LogP contribution in [-0.2, 0) is 11.2 Å². The third-order valence-electron chi connectivity index (χ3n) is 6.07. The Hall–Kier alpha value is -1.31. The molecule has 27 heavy (non-hydrogen) atoms. The molecule has 1 fully saturated rings. The van der Waals surface area contributed by atoms with Gasteiger partial charge in [0.1, 0.15) is 5.75 Å². The zero-order valence-electron chi connectivity index (χ0n) is 17.4. The maximum Gasteiger partial charge on any atom is 0.298 e. The van der Waals surface area contributed by atoms with Crippen LogP contribution in [-0.4, -0.2) is 6.47 Å². The largest absolute Gasteiger partial charge is 0.428 e. The van der Waals surface area contributed by atoms with Crippen LogP contribution in [0.1, 0.15) is 120 Å². The van der Waals surface area contributed by atoms with E-state index in [9.17, 15) is 4.79 Å². The van der Waals surface area contributed by atoms with Gasteiger partial charge >= 0.3 is 0 Å². The third kappa shape index (κ3) is 8.07. The van der Waals surface area contributed by atoms with Gasteiger partial charge in [0.2, 0.25) is 0 Å². The van der Waals surface area contributed by atoms with Gasteiger partial charge in [-0.15, -0.1) is 0 Å². The van der Waals surface area contributed by atoms with E-state index in [1.54, 1.807) is 0 Å². The molecular formula is C25H39O2. The van der Waals surface area contributed by atoms with Crippen LogP contribution < -0.4 is 4.74 Å². The Morgan fingerprint density at radius 2 is 1.59 bits per heavy atom. The minimum atomic E-state index is 0.546. The molecule has 0 heterocycles. The smallest absolute Gasteiger partial charge is 0.298 e. The zero-order valence-corrected chi connectivity index (χ0v) is 17.4. The van der Waals surface area contributed by atoms with E-state index < -0.39 is 0 Å². The van der Waals surface area contributed by atoms with Gasteiger partial charge < -0.3 is 4.74 Å². The molecule has 0 atom stereocenters. The molecular weight excluding hydrogens is 332 g/mol. The van der Waals surface area contributed by atoms with Crippen LogP contribution in [0.3, 0.4) is 0 Å². The van der Waals surface area contributed by atoms with E-state index in [2.05, 4.69) is 19.1 Å². The number of benzene rings is 1. The van der Waals surface area contributed by atoms with E-state index in [1.165, 1.54) is 107 Å². The second-order valence-electron chi connectivity index (χ2n) is 8.23. The van der Waals surface area contributed by atoms with Crippen LogP contribution in [0.4, 0.5) is 0 Å². The zero-order chi connectivity index (χ0) is 19.2. The lowest BCUT2D eigenvalue weighted by Crippen LogP contribution is -2.10. The molecule has 1 aromatic rings. The van der Waals surface area contributed by atoms with E-state index in [-0.39, 0.29) is 0 Å². The highest BCUT2D eigenvalue weighted by Crippen LogP contribution is 2.39. The molecule has 1 radical (unpaired) electrons. The molecule has 0 amide bonds. The van der Waals surface area contributed by atoms with Gasteiger partial charge in [-0.2, -0.15) is 0 Å². The van der Waals surface area contributed by atoms with Crippen molar-refractivity contribution in [1.29, 1.82) is 0 Å². The van der Waals surface area contributed by atoms with Crippen molar-refractivity contribution in [1.82, 2.24) is 0 Å². The molecule has 0 unspecified atom stereocenters. The molecule has 0 spiro atoms. The van der Waals surface area contributed by atoms with E-state index in [0.717, 1.165) is 6.42 Å². The summed E-state index contributed by atoms with van der Waals surface area (Å²) in [7, 11) is 0. The van der Waals surface area contributed by atoms with E-state index in [4.69, 9.17) is 4.74 Å². The summed E-state index contributed by atoms with van der Waals surface area (Å²) < 4.78 is 5.29. The Kier molecular flexibility index (Phi) is 11.2. The maximum atomic E-state index is 10.9. The number of carbonyl (C=O) groups is 1. The Morgan fingerprint density at radius 1 is 0.963 bits per heavy atom. The van der Waals surface area contributed by atoms with Gasteiger partial charge in [-0.25, -0.2) is 0 Å². The molecule has 0 saturated heterocycles. The Bertz CT molecular complexity index is 517. The molecule has 1 aliphatic carbocycles. The van der Waals surface area contributed by atoms with Crippen LogP contribution in [0.5, 0.6) is 5.75 Å². The first-order valence-electron chi connectivity index (χ1n) is 11.5. The van der Waals surface area contributed by atoms with Crippen LogP contribution in [0.2, 0.25) is 0 Å². The van der Waals surface area contributed by atoms with Gasteiger partial charge in [0, 0.05) is 11.6 Å². The van der Waals surface area contributed by atoms with Gasteiger partial charge in [-0.1, -0.05) is 96.1 Å². The fourth-order valence-electron chi connectivity index (χ4n) is 4.54. The first-order chi connectivity index (χ1) is 13.4. The predicted octanol–water partition coefficient (Wildman–Crippen LogP) is 7.53. The molecule has 0 bridgehead atoms. The van der Waals surface area contributed by atoms with Crippen LogP contribution >= 0.6 is 0 Å². The molecule has 0 aliphatic heterocycles. The number of aryl methyl sites for hydroxylation is 1. The number of unbranched alkanes of at least 4 members (excludes halogenated alkanes) is 9. The quantitative estimate of drug-likeness (QED) is 0.249. The van der Waals surface area contributed by atoms with E-state index >= 15 is 0 Å². The average molecular weight is 372 g/mol. The SMILES string of the molecule is CCCCCCCCCCCCc1cc[c]c(OC=O)c1C1CCCCC1. The van der Waals surface area contributed by atoms with Crippen molar-refractivity contribution in [2.45, 2.75) is 116 Å². The molecule has 151 valence electrons. The third-order valence-corrected chi connectivity index (χ3v) is 6.07. The van der Waals surface area contributed by atoms with Crippen LogP contribution in [0.15, 0.2) is 12.1 Å². The highest BCUT2D eigenvalue weighted by Gasteiger charge is 2.22. The van der Waals surface area contributed by atoms with Crippen LogP contribution in [0.25, 0.3) is 0 Å². The van der Waals surface area contributed by atoms with Crippen LogP contribution in [0, 0.1) is 6.07 Å². The van der Waals surface area contributed by atoms with Crippen molar-refractivity contribution < 1.29 is 9.53 Å². The van der Waals surface area contributed by atoms with Crippen molar-refractivity contribution >= 4 is 6.47 Å². The minimum Gasteiger partial charge on any atom is -0.428 e. The Labute approximate surface area is 167 Å². The van der Waals surface area contributed by atoms with Gasteiger partial charge in [0.05, 0.1) is 0 Å². The molecule has 1 aromatic carbocycles. The van der Waals surface area contributed by atoms with Gasteiger partial charge in [0.25, 0.3) is 6.47 Å². The second-order valence-corrected chi connectivity index (χ2v) is 8.23. The van der Waals surface area contributed by atoms with E-state index in [1.807, 2.05) is 6.07 Å². The summed E-state index contributed by atoms with van der Waals surface area (Å²) in [6.07, 6.45) is 21.1. The standard InChI is InChI=1S/C25H39O2/c1-2-3-4-5-6-7-8-9-10-12-16-23-19-15-20-24(27-21-26)25(23)22-17-13-11-14-18-22/h15,19,21-22H,2-14,16-18H2,1H3. The lowest BCUT2D eigenvalue weighted by molar-refractivity contribution is -0.120. The maximum absolute atomic E-state index is 10.9. The molecule has 0 aromatic heterocycles. The molecule has 2 nitrogen and oxygen atoms in total. The van der Waals surface area contributed by atoms with Crippen molar-refractivity contribution in [2.24, 2.45) is 0 Å². The van der Waals surface area contributed by atoms with Crippen molar-refractivity contribution in [3.05, 3.63) is 29.3 Å². The summed E-state index contributed by atoms with van der Waals surface area (Å²) in [6.45, 7) is 2.83. The summed E-state index contributed by atoms with van der Waals surface area (Å²) in [6, 6.07) is 7.29. The summed E-state index contributed by atoms with van der Waals surface area (Å²) in [5.74, 6) is 1.23. The number of ether oxygens (including phenoxy) is 1. The summed E-state index contributed by atoms with van der Waals surface area (Å²) in [5.41, 5.74) is 2.66. The second kappa shape index (κ2) is 13.8. The van der Waals surface area contributed by atoms with Crippen molar-refractivity contribution in [3.63, 3.8) is 0 Å². The topological polar surface area (TPSA) is 26.3 Å². The van der Waals surface area contributed by atoms with Gasteiger partial charge in [0.15, 0.2) is 0 Å². The lowest BCUT2D eigenvalue weighted by Gasteiger charge is -2.26. The Morgan fingerprint density at radius 3 is 2.22 bits per heavy atom. The van der Waals surface area contributed by atoms with Gasteiger partial charge in [-0.05, 0) is 37.2 Å². The monoisotopic (exact) mass is 371 g/mol. The number of rotatable bonds is 14. The number of hydrogen-bond acceptors (Lipinski definition) is 2. The first kappa shape index (κ1) is 22.0.